The maximum Gasteiger partial charge on any atom is 0.317 e. The molecule has 2 amide bonds. The smallest absolute Gasteiger partial charge is 0.317 e. The van der Waals surface area contributed by atoms with E-state index in [0.29, 0.717) is 13.1 Å². The minimum atomic E-state index is -0.0864. The van der Waals surface area contributed by atoms with Crippen LogP contribution in [0, 0.1) is 0 Å². The van der Waals surface area contributed by atoms with Crippen molar-refractivity contribution in [3.05, 3.63) is 12.7 Å². The van der Waals surface area contributed by atoms with Gasteiger partial charge in [-0.05, 0) is 45.8 Å². The summed E-state index contributed by atoms with van der Waals surface area (Å²) in [5.74, 6) is 0. The maximum atomic E-state index is 12.2. The van der Waals surface area contributed by atoms with Crippen molar-refractivity contribution in [1.82, 2.24) is 20.0 Å². The molecule has 0 aliphatic carbocycles. The first-order valence-electron chi connectivity index (χ1n) is 8.83. The number of likely N-dealkylation sites (tertiary alicyclic amines) is 2. The SMILES string of the molecule is C=CCN(CCO)C(=O)NC1CCN(C2CCN(C)CC2)CC1. The van der Waals surface area contributed by atoms with Crippen LogP contribution in [0.3, 0.4) is 0 Å². The van der Waals surface area contributed by atoms with Gasteiger partial charge < -0.3 is 25.1 Å². The monoisotopic (exact) mass is 324 g/mol. The molecule has 2 aliphatic rings. The van der Waals surface area contributed by atoms with Crippen LogP contribution in [0.25, 0.3) is 0 Å². The topological polar surface area (TPSA) is 59.1 Å². The first kappa shape index (κ1) is 18.2. The second-order valence-corrected chi connectivity index (χ2v) is 6.75. The minimum absolute atomic E-state index is 0.0180. The van der Waals surface area contributed by atoms with Gasteiger partial charge in [-0.1, -0.05) is 6.08 Å². The fraction of sp³-hybridized carbons (Fsp3) is 0.824. The maximum absolute atomic E-state index is 12.2. The zero-order valence-corrected chi connectivity index (χ0v) is 14.4. The molecule has 0 spiro atoms. The third-order valence-electron chi connectivity index (χ3n) is 5.07. The van der Waals surface area contributed by atoms with Gasteiger partial charge in [0.1, 0.15) is 0 Å². The summed E-state index contributed by atoms with van der Waals surface area (Å²) in [5.41, 5.74) is 0. The Labute approximate surface area is 140 Å². The molecule has 2 saturated heterocycles. The van der Waals surface area contributed by atoms with Crippen molar-refractivity contribution in [3.63, 3.8) is 0 Å². The molecular weight excluding hydrogens is 292 g/mol. The fourth-order valence-corrected chi connectivity index (χ4v) is 3.59. The van der Waals surface area contributed by atoms with Gasteiger partial charge >= 0.3 is 6.03 Å². The van der Waals surface area contributed by atoms with Crippen LogP contribution in [0.5, 0.6) is 0 Å². The molecule has 0 bridgehead atoms. The summed E-state index contributed by atoms with van der Waals surface area (Å²) in [7, 11) is 2.19. The number of piperidine rings is 2. The molecule has 2 aliphatic heterocycles. The Balaban J connectivity index is 1.73. The Morgan fingerprint density at radius 2 is 1.91 bits per heavy atom. The zero-order valence-electron chi connectivity index (χ0n) is 14.4. The first-order valence-corrected chi connectivity index (χ1v) is 8.83. The highest BCUT2D eigenvalue weighted by Crippen LogP contribution is 2.20. The predicted octanol–water partition coefficient (Wildman–Crippen LogP) is 0.735. The zero-order chi connectivity index (χ0) is 16.7. The van der Waals surface area contributed by atoms with Crippen LogP contribution in [0.4, 0.5) is 4.79 Å². The lowest BCUT2D eigenvalue weighted by Gasteiger charge is -2.41. The lowest BCUT2D eigenvalue weighted by molar-refractivity contribution is 0.0918. The van der Waals surface area contributed by atoms with Crippen molar-refractivity contribution in [2.45, 2.75) is 37.8 Å². The Morgan fingerprint density at radius 3 is 2.48 bits per heavy atom. The van der Waals surface area contributed by atoms with E-state index in [1.54, 1.807) is 11.0 Å². The van der Waals surface area contributed by atoms with E-state index in [4.69, 9.17) is 5.11 Å². The van der Waals surface area contributed by atoms with E-state index < -0.39 is 0 Å². The first-order chi connectivity index (χ1) is 11.1. The number of aliphatic hydroxyl groups is 1. The van der Waals surface area contributed by atoms with Gasteiger partial charge in [0, 0.05) is 38.3 Å². The van der Waals surface area contributed by atoms with Crippen molar-refractivity contribution in [3.8, 4) is 0 Å². The second kappa shape index (κ2) is 9.25. The molecule has 2 fully saturated rings. The number of aliphatic hydroxyl groups excluding tert-OH is 1. The summed E-state index contributed by atoms with van der Waals surface area (Å²) in [4.78, 5) is 18.9. The molecule has 0 aromatic carbocycles. The number of rotatable bonds is 6. The van der Waals surface area contributed by atoms with Gasteiger partial charge in [-0.2, -0.15) is 0 Å². The summed E-state index contributed by atoms with van der Waals surface area (Å²) in [5, 5.41) is 12.2. The highest BCUT2D eigenvalue weighted by Gasteiger charge is 2.28. The van der Waals surface area contributed by atoms with Crippen molar-refractivity contribution in [1.29, 1.82) is 0 Å². The average Bonchev–Trinajstić information content (AvgIpc) is 2.56. The molecule has 2 heterocycles. The number of hydrogen-bond donors (Lipinski definition) is 2. The Kier molecular flexibility index (Phi) is 7.33. The van der Waals surface area contributed by atoms with Crippen LogP contribution >= 0.6 is 0 Å². The second-order valence-electron chi connectivity index (χ2n) is 6.75. The van der Waals surface area contributed by atoms with Gasteiger partial charge in [0.25, 0.3) is 0 Å². The predicted molar refractivity (Wildman–Crippen MR) is 92.5 cm³/mol. The molecule has 0 saturated carbocycles. The van der Waals surface area contributed by atoms with E-state index in [-0.39, 0.29) is 18.7 Å². The lowest BCUT2D eigenvalue weighted by atomic mass is 9.98. The van der Waals surface area contributed by atoms with Crippen molar-refractivity contribution >= 4 is 6.03 Å². The molecule has 0 unspecified atom stereocenters. The normalized spacial score (nSPS) is 22.0. The number of carbonyl (C=O) groups is 1. The van der Waals surface area contributed by atoms with Crippen molar-refractivity contribution in [2.24, 2.45) is 0 Å². The van der Waals surface area contributed by atoms with E-state index in [9.17, 15) is 4.79 Å². The molecule has 0 atom stereocenters. The number of carbonyl (C=O) groups excluding carboxylic acids is 1. The summed E-state index contributed by atoms with van der Waals surface area (Å²) >= 11 is 0. The Bertz CT molecular complexity index is 375. The molecule has 6 nitrogen and oxygen atoms in total. The molecular formula is C17H32N4O2. The molecule has 6 heteroatoms. The third kappa shape index (κ3) is 5.48. The Hall–Kier alpha value is -1.11. The highest BCUT2D eigenvalue weighted by molar-refractivity contribution is 5.74. The van der Waals surface area contributed by atoms with Gasteiger partial charge in [-0.15, -0.1) is 6.58 Å². The van der Waals surface area contributed by atoms with Gasteiger partial charge in [0.05, 0.1) is 6.61 Å². The van der Waals surface area contributed by atoms with Crippen LogP contribution < -0.4 is 5.32 Å². The number of nitrogens with zero attached hydrogens (tertiary/aromatic N) is 3. The van der Waals surface area contributed by atoms with E-state index in [1.807, 2.05) is 0 Å². The minimum Gasteiger partial charge on any atom is -0.395 e. The van der Waals surface area contributed by atoms with Crippen LogP contribution in [-0.2, 0) is 0 Å². The molecule has 0 radical (unpaired) electrons. The fourth-order valence-electron chi connectivity index (χ4n) is 3.59. The molecule has 0 aromatic heterocycles. The standard InChI is InChI=1S/C17H32N4O2/c1-3-8-21(13-14-22)17(23)18-15-4-11-20(12-5-15)16-6-9-19(2)10-7-16/h3,15-16,22H,1,4-14H2,2H3,(H,18,23). The largest absolute Gasteiger partial charge is 0.395 e. The van der Waals surface area contributed by atoms with Crippen LogP contribution in [0.2, 0.25) is 0 Å². The number of hydrogen-bond acceptors (Lipinski definition) is 4. The summed E-state index contributed by atoms with van der Waals surface area (Å²) < 4.78 is 0. The van der Waals surface area contributed by atoms with Crippen molar-refractivity contribution in [2.75, 3.05) is 52.9 Å². The molecule has 2 rings (SSSR count). The van der Waals surface area contributed by atoms with Gasteiger partial charge in [0.2, 0.25) is 0 Å². The molecule has 132 valence electrons. The van der Waals surface area contributed by atoms with Crippen LogP contribution in [-0.4, -0.2) is 90.8 Å². The van der Waals surface area contributed by atoms with E-state index in [0.717, 1.165) is 32.0 Å². The summed E-state index contributed by atoms with van der Waals surface area (Å²) in [6.07, 6.45) is 6.24. The van der Waals surface area contributed by atoms with E-state index in [1.165, 1.54) is 25.9 Å². The number of amides is 2. The average molecular weight is 324 g/mol. The van der Waals surface area contributed by atoms with Gasteiger partial charge in [0.15, 0.2) is 0 Å². The number of urea groups is 1. The highest BCUT2D eigenvalue weighted by atomic mass is 16.3. The molecule has 0 aromatic rings. The van der Waals surface area contributed by atoms with Crippen LogP contribution in [0.1, 0.15) is 25.7 Å². The third-order valence-corrected chi connectivity index (χ3v) is 5.07. The Morgan fingerprint density at radius 1 is 1.26 bits per heavy atom. The summed E-state index contributed by atoms with van der Waals surface area (Å²) in [6, 6.07) is 0.877. The quantitative estimate of drug-likeness (QED) is 0.708. The van der Waals surface area contributed by atoms with Gasteiger partial charge in [-0.3, -0.25) is 0 Å². The van der Waals surface area contributed by atoms with E-state index >= 15 is 0 Å². The summed E-state index contributed by atoms with van der Waals surface area (Å²) in [6.45, 7) is 9.00. The molecule has 23 heavy (non-hydrogen) atoms. The van der Waals surface area contributed by atoms with Crippen LogP contribution in [0.15, 0.2) is 12.7 Å². The number of nitrogens with one attached hydrogen (secondary N) is 1. The molecule has 2 N–H and O–H groups in total. The van der Waals surface area contributed by atoms with Gasteiger partial charge in [-0.25, -0.2) is 4.79 Å². The van der Waals surface area contributed by atoms with E-state index in [2.05, 4.69) is 28.7 Å². The lowest BCUT2D eigenvalue weighted by Crippen LogP contribution is -2.52. The van der Waals surface area contributed by atoms with Crippen molar-refractivity contribution < 1.29 is 9.90 Å².